The smallest absolute Gasteiger partial charge is 0.262 e. The Morgan fingerprint density at radius 2 is 1.65 bits per heavy atom. The minimum atomic E-state index is -0.965. The summed E-state index contributed by atoms with van der Waals surface area (Å²) in [7, 11) is 0. The number of nitrogens with one attached hydrogen (secondary N) is 2. The molecule has 3 unspecified atom stereocenters. The second kappa shape index (κ2) is 14.3. The van der Waals surface area contributed by atoms with Crippen molar-refractivity contribution in [2.24, 2.45) is 17.8 Å². The minimum Gasteiger partial charge on any atom is -0.371 e. The summed E-state index contributed by atoms with van der Waals surface area (Å²) in [5.41, 5.74) is 3.04. The molecule has 3 saturated heterocycles. The Balaban J connectivity index is 0.762. The number of fused-ring (bicyclic) bond motifs is 3. The summed E-state index contributed by atoms with van der Waals surface area (Å²) in [6.07, 6.45) is 8.63. The maximum absolute atomic E-state index is 13.6. The summed E-state index contributed by atoms with van der Waals surface area (Å²) < 4.78 is 1.77. The third-order valence-electron chi connectivity index (χ3n) is 13.2. The molecule has 4 fully saturated rings. The molecule has 5 heterocycles. The number of nitriles is 1. The van der Waals surface area contributed by atoms with Gasteiger partial charge in [0.05, 0.1) is 29.0 Å². The quantitative estimate of drug-likeness (QED) is 0.235. The van der Waals surface area contributed by atoms with Crippen molar-refractivity contribution < 1.29 is 24.0 Å². The Labute approximate surface area is 331 Å². The lowest BCUT2D eigenvalue weighted by molar-refractivity contribution is -0.136. The topological polar surface area (TPSA) is 161 Å². The molecule has 1 saturated carbocycles. The largest absolute Gasteiger partial charge is 0.371 e. The number of hydrogen-bond acceptors (Lipinski definition) is 9. The van der Waals surface area contributed by atoms with Gasteiger partial charge in [0.2, 0.25) is 11.8 Å². The van der Waals surface area contributed by atoms with Gasteiger partial charge < -0.3 is 15.1 Å². The Morgan fingerprint density at radius 1 is 0.930 bits per heavy atom. The molecule has 3 atom stereocenters. The molecule has 13 nitrogen and oxygen atoms in total. The molecular formula is C44H46N8O5. The van der Waals surface area contributed by atoms with Crippen LogP contribution in [-0.4, -0.2) is 87.9 Å². The molecule has 4 aliphatic heterocycles. The van der Waals surface area contributed by atoms with Crippen LogP contribution < -0.4 is 15.5 Å². The van der Waals surface area contributed by atoms with Crippen LogP contribution >= 0.6 is 0 Å². The van der Waals surface area contributed by atoms with E-state index in [2.05, 4.69) is 31.6 Å². The SMILES string of the molecule is CC(C)(C(=O)Nc1ccc(C#N)c2ccccc12)n1cc(C2CCN(CC3CC4CN(c5ccc6c(c5)C(=O)N(C5CCC(=O)NC5=O)C6=O)CC4C3)CC2)cn1. The van der Waals surface area contributed by atoms with E-state index in [1.807, 2.05) is 62.6 Å². The molecule has 57 heavy (non-hydrogen) atoms. The van der Waals surface area contributed by atoms with Crippen molar-refractivity contribution in [3.63, 3.8) is 0 Å². The van der Waals surface area contributed by atoms with Crippen LogP contribution in [0.4, 0.5) is 11.4 Å². The van der Waals surface area contributed by atoms with Gasteiger partial charge in [-0.1, -0.05) is 24.3 Å². The van der Waals surface area contributed by atoms with Crippen molar-refractivity contribution >= 4 is 51.7 Å². The van der Waals surface area contributed by atoms with Gasteiger partial charge in [-0.15, -0.1) is 0 Å². The van der Waals surface area contributed by atoms with E-state index in [1.165, 1.54) is 12.8 Å². The number of likely N-dealkylation sites (tertiary alicyclic amines) is 1. The van der Waals surface area contributed by atoms with Crippen LogP contribution in [0.2, 0.25) is 0 Å². The fraction of sp³-hybridized carbons (Fsp3) is 0.432. The molecule has 0 radical (unpaired) electrons. The van der Waals surface area contributed by atoms with Gasteiger partial charge in [0.1, 0.15) is 11.6 Å². The van der Waals surface area contributed by atoms with E-state index >= 15 is 0 Å². The monoisotopic (exact) mass is 766 g/mol. The Hall–Kier alpha value is -5.87. The number of amides is 5. The summed E-state index contributed by atoms with van der Waals surface area (Å²) in [4.78, 5) is 70.3. The average molecular weight is 767 g/mol. The van der Waals surface area contributed by atoms with Gasteiger partial charge in [0.15, 0.2) is 0 Å². The molecule has 2 N–H and O–H groups in total. The maximum Gasteiger partial charge on any atom is 0.262 e. The zero-order valence-corrected chi connectivity index (χ0v) is 32.2. The van der Waals surface area contributed by atoms with Gasteiger partial charge >= 0.3 is 0 Å². The lowest BCUT2D eigenvalue weighted by atomic mass is 9.90. The molecule has 292 valence electrons. The number of hydrogen-bond donors (Lipinski definition) is 2. The fourth-order valence-corrected chi connectivity index (χ4v) is 9.99. The summed E-state index contributed by atoms with van der Waals surface area (Å²) in [5.74, 6) is 0.0972. The molecular weight excluding hydrogens is 721 g/mol. The van der Waals surface area contributed by atoms with Gasteiger partial charge in [-0.05, 0) is 119 Å². The fourth-order valence-electron chi connectivity index (χ4n) is 9.99. The van der Waals surface area contributed by atoms with E-state index < -0.39 is 29.3 Å². The first-order valence-corrected chi connectivity index (χ1v) is 20.1. The highest BCUT2D eigenvalue weighted by molar-refractivity contribution is 6.23. The second-order valence-electron chi connectivity index (χ2n) is 17.1. The number of aromatic nitrogens is 2. The molecule has 5 amide bonds. The zero-order chi connectivity index (χ0) is 39.6. The lowest BCUT2D eigenvalue weighted by Crippen LogP contribution is -2.54. The van der Waals surface area contributed by atoms with E-state index in [0.29, 0.717) is 46.0 Å². The number of anilines is 2. The highest BCUT2D eigenvalue weighted by Gasteiger charge is 2.46. The number of benzene rings is 3. The number of imide groups is 2. The van der Waals surface area contributed by atoms with Crippen molar-refractivity contribution in [2.75, 3.05) is 42.9 Å². The molecule has 5 aliphatic rings. The maximum atomic E-state index is 13.6. The normalized spacial score (nSPS) is 24.2. The first-order valence-electron chi connectivity index (χ1n) is 20.1. The molecule has 1 aliphatic carbocycles. The Kier molecular flexibility index (Phi) is 9.19. The summed E-state index contributed by atoms with van der Waals surface area (Å²) in [6, 6.07) is 17.8. The van der Waals surface area contributed by atoms with Crippen LogP contribution in [0, 0.1) is 29.1 Å². The van der Waals surface area contributed by atoms with Crippen molar-refractivity contribution in [1.82, 2.24) is 24.9 Å². The van der Waals surface area contributed by atoms with Crippen molar-refractivity contribution in [1.29, 1.82) is 5.26 Å². The van der Waals surface area contributed by atoms with Crippen LogP contribution in [0.1, 0.15) is 90.1 Å². The minimum absolute atomic E-state index is 0.0983. The van der Waals surface area contributed by atoms with Gasteiger partial charge in [-0.25, -0.2) is 0 Å². The standard InChI is InChI=1S/C44H46N8O5/c1-44(2,43(57)47-37-10-7-28(20-45)33-5-3-4-6-34(33)37)51-25-31(21-46-51)27-13-15-49(16-14-27)22-26-17-29-23-50(24-30(29)18-26)32-8-9-35-36(19-32)42(56)52(41(35)55)38-11-12-39(53)48-40(38)54/h3-10,19,21,25-27,29-30,38H,11-18,22-24H2,1-2H3,(H,47,57)(H,48,53,54). The number of carbonyl (C=O) groups is 5. The first-order chi connectivity index (χ1) is 27.5. The first kappa shape index (κ1) is 36.7. The number of rotatable bonds is 8. The third-order valence-corrected chi connectivity index (χ3v) is 13.2. The van der Waals surface area contributed by atoms with Crippen LogP contribution in [0.25, 0.3) is 10.8 Å². The lowest BCUT2D eigenvalue weighted by Gasteiger charge is -2.33. The highest BCUT2D eigenvalue weighted by Crippen LogP contribution is 2.44. The van der Waals surface area contributed by atoms with Crippen LogP contribution in [-0.2, 0) is 19.9 Å². The van der Waals surface area contributed by atoms with Crippen LogP contribution in [0.15, 0.2) is 67.0 Å². The summed E-state index contributed by atoms with van der Waals surface area (Å²) >= 11 is 0. The molecule has 13 heteroatoms. The van der Waals surface area contributed by atoms with Crippen LogP contribution in [0.5, 0.6) is 0 Å². The number of carbonyl (C=O) groups excluding carboxylic acids is 5. The van der Waals surface area contributed by atoms with Crippen molar-refractivity contribution in [3.05, 3.63) is 89.2 Å². The molecule has 0 bridgehead atoms. The molecule has 3 aromatic carbocycles. The van der Waals surface area contributed by atoms with Gasteiger partial charge in [-0.3, -0.25) is 38.9 Å². The summed E-state index contributed by atoms with van der Waals surface area (Å²) in [5, 5.41) is 21.2. The van der Waals surface area contributed by atoms with Gasteiger partial charge in [0, 0.05) is 54.4 Å². The predicted octanol–water partition coefficient (Wildman–Crippen LogP) is 5.02. The van der Waals surface area contributed by atoms with Gasteiger partial charge in [-0.2, -0.15) is 10.4 Å². The Bertz CT molecular complexity index is 2360. The molecule has 0 spiro atoms. The van der Waals surface area contributed by atoms with E-state index in [1.54, 1.807) is 22.9 Å². The van der Waals surface area contributed by atoms with Crippen molar-refractivity contribution in [2.45, 2.75) is 69.9 Å². The van der Waals surface area contributed by atoms with Crippen LogP contribution in [0.3, 0.4) is 0 Å². The molecule has 9 rings (SSSR count). The average Bonchev–Trinajstić information content (AvgIpc) is 3.99. The third kappa shape index (κ3) is 6.55. The van der Waals surface area contributed by atoms with E-state index in [0.717, 1.165) is 72.5 Å². The van der Waals surface area contributed by atoms with E-state index in [9.17, 15) is 29.2 Å². The number of piperidine rings is 2. The van der Waals surface area contributed by atoms with Gasteiger partial charge in [0.25, 0.3) is 17.7 Å². The second-order valence-corrected chi connectivity index (χ2v) is 17.1. The van der Waals surface area contributed by atoms with E-state index in [-0.39, 0.29) is 24.7 Å². The van der Waals surface area contributed by atoms with Crippen molar-refractivity contribution in [3.8, 4) is 6.07 Å². The number of nitrogens with zero attached hydrogens (tertiary/aromatic N) is 6. The summed E-state index contributed by atoms with van der Waals surface area (Å²) in [6.45, 7) is 8.74. The molecule has 1 aromatic heterocycles. The predicted molar refractivity (Wildman–Crippen MR) is 212 cm³/mol. The Morgan fingerprint density at radius 3 is 2.37 bits per heavy atom. The zero-order valence-electron chi connectivity index (χ0n) is 32.2. The highest BCUT2D eigenvalue weighted by atomic mass is 16.2. The molecule has 4 aromatic rings. The van der Waals surface area contributed by atoms with E-state index in [4.69, 9.17) is 0 Å².